The number of aliphatic imine (C=N–C) groups is 1. The van der Waals surface area contributed by atoms with Gasteiger partial charge in [0.25, 0.3) is 0 Å². The molecule has 90 valence electrons. The highest BCUT2D eigenvalue weighted by Crippen LogP contribution is 2.19. The monoisotopic (exact) mass is 233 g/mol. The van der Waals surface area contributed by atoms with E-state index in [0.717, 1.165) is 24.8 Å². The quantitative estimate of drug-likeness (QED) is 0.737. The van der Waals surface area contributed by atoms with Crippen molar-refractivity contribution in [3.63, 3.8) is 0 Å². The maximum atomic E-state index is 12.7. The van der Waals surface area contributed by atoms with Crippen LogP contribution in [-0.4, -0.2) is 12.0 Å². The van der Waals surface area contributed by atoms with Crippen LogP contribution in [0, 0.1) is 11.7 Å². The first-order valence-corrected chi connectivity index (χ1v) is 6.03. The highest BCUT2D eigenvalue weighted by Gasteiger charge is 2.19. The molecule has 2 rings (SSSR count). The second-order valence-corrected chi connectivity index (χ2v) is 4.43. The molecule has 1 fully saturated rings. The van der Waals surface area contributed by atoms with Gasteiger partial charge in [-0.25, -0.2) is 4.39 Å². The second-order valence-electron chi connectivity index (χ2n) is 4.43. The normalized spacial score (nSPS) is 21.0. The molecule has 1 unspecified atom stereocenters. The van der Waals surface area contributed by atoms with Crippen LogP contribution >= 0.6 is 0 Å². The highest BCUT2D eigenvalue weighted by molar-refractivity contribution is 5.95. The standard InChI is InChI=1S/C14H16FNO/c15-13-7-5-11(6-8-13)9-16-10-12-3-1-2-4-14(12)17/h5-8,10,12H,1-4,9H2. The van der Waals surface area contributed by atoms with Crippen molar-refractivity contribution in [2.45, 2.75) is 32.2 Å². The minimum Gasteiger partial charge on any atom is -0.299 e. The van der Waals surface area contributed by atoms with E-state index in [-0.39, 0.29) is 11.7 Å². The zero-order chi connectivity index (χ0) is 12.1. The Bertz CT molecular complexity index is 411. The average molecular weight is 233 g/mol. The Morgan fingerprint density at radius 2 is 2.06 bits per heavy atom. The molecular weight excluding hydrogens is 217 g/mol. The number of halogens is 1. The van der Waals surface area contributed by atoms with E-state index in [1.54, 1.807) is 18.3 Å². The summed E-state index contributed by atoms with van der Waals surface area (Å²) >= 11 is 0. The van der Waals surface area contributed by atoms with Crippen molar-refractivity contribution in [3.8, 4) is 0 Å². The van der Waals surface area contributed by atoms with Gasteiger partial charge in [0, 0.05) is 12.6 Å². The lowest BCUT2D eigenvalue weighted by Crippen LogP contribution is -2.20. The summed E-state index contributed by atoms with van der Waals surface area (Å²) in [5, 5.41) is 0. The van der Waals surface area contributed by atoms with E-state index in [4.69, 9.17) is 0 Å². The largest absolute Gasteiger partial charge is 0.299 e. The summed E-state index contributed by atoms with van der Waals surface area (Å²) in [4.78, 5) is 15.8. The van der Waals surface area contributed by atoms with Crippen molar-refractivity contribution in [1.29, 1.82) is 0 Å². The van der Waals surface area contributed by atoms with Gasteiger partial charge in [0.2, 0.25) is 0 Å². The van der Waals surface area contributed by atoms with E-state index in [0.29, 0.717) is 18.7 Å². The Balaban J connectivity index is 1.88. The van der Waals surface area contributed by atoms with Crippen LogP contribution in [0.4, 0.5) is 4.39 Å². The molecule has 1 atom stereocenters. The van der Waals surface area contributed by atoms with Crippen molar-refractivity contribution in [2.24, 2.45) is 10.9 Å². The highest BCUT2D eigenvalue weighted by atomic mass is 19.1. The van der Waals surface area contributed by atoms with Crippen LogP contribution in [0.25, 0.3) is 0 Å². The number of rotatable bonds is 3. The Morgan fingerprint density at radius 1 is 1.29 bits per heavy atom. The number of nitrogens with zero attached hydrogens (tertiary/aromatic N) is 1. The number of benzene rings is 1. The van der Waals surface area contributed by atoms with E-state index in [2.05, 4.69) is 4.99 Å². The van der Waals surface area contributed by atoms with Crippen LogP contribution in [0.1, 0.15) is 31.2 Å². The van der Waals surface area contributed by atoms with Crippen LogP contribution in [0.2, 0.25) is 0 Å². The zero-order valence-electron chi connectivity index (χ0n) is 9.73. The molecule has 1 saturated carbocycles. The fraction of sp³-hybridized carbons (Fsp3) is 0.429. The van der Waals surface area contributed by atoms with Gasteiger partial charge in [-0.05, 0) is 30.5 Å². The maximum absolute atomic E-state index is 12.7. The number of hydrogen-bond donors (Lipinski definition) is 0. The molecule has 0 spiro atoms. The van der Waals surface area contributed by atoms with Gasteiger partial charge < -0.3 is 0 Å². The predicted molar refractivity (Wildman–Crippen MR) is 65.6 cm³/mol. The van der Waals surface area contributed by atoms with Crippen LogP contribution in [0.15, 0.2) is 29.3 Å². The molecule has 1 aromatic carbocycles. The van der Waals surface area contributed by atoms with Crippen molar-refractivity contribution in [1.82, 2.24) is 0 Å². The Hall–Kier alpha value is -1.51. The molecule has 0 radical (unpaired) electrons. The summed E-state index contributed by atoms with van der Waals surface area (Å²) in [6.45, 7) is 0.518. The summed E-state index contributed by atoms with van der Waals surface area (Å²) in [7, 11) is 0. The lowest BCUT2D eigenvalue weighted by atomic mass is 9.89. The van der Waals surface area contributed by atoms with E-state index >= 15 is 0 Å². The van der Waals surface area contributed by atoms with Gasteiger partial charge in [-0.15, -0.1) is 0 Å². The van der Waals surface area contributed by atoms with Gasteiger partial charge in [0.1, 0.15) is 11.6 Å². The summed E-state index contributed by atoms with van der Waals surface area (Å²) in [5.41, 5.74) is 0.964. The summed E-state index contributed by atoms with van der Waals surface area (Å²) in [6.07, 6.45) is 5.50. The van der Waals surface area contributed by atoms with E-state index in [1.165, 1.54) is 12.1 Å². The Kier molecular flexibility index (Phi) is 4.02. The molecule has 1 aromatic rings. The minimum atomic E-state index is -0.236. The third-order valence-electron chi connectivity index (χ3n) is 3.07. The van der Waals surface area contributed by atoms with Crippen LogP contribution < -0.4 is 0 Å². The molecular formula is C14H16FNO. The van der Waals surface area contributed by atoms with Crippen LogP contribution in [0.5, 0.6) is 0 Å². The number of hydrogen-bond acceptors (Lipinski definition) is 2. The van der Waals surface area contributed by atoms with Gasteiger partial charge in [-0.3, -0.25) is 9.79 Å². The molecule has 3 heteroatoms. The fourth-order valence-corrected chi connectivity index (χ4v) is 2.04. The topological polar surface area (TPSA) is 29.4 Å². The van der Waals surface area contributed by atoms with E-state index in [9.17, 15) is 9.18 Å². The molecule has 0 heterocycles. The molecule has 2 nitrogen and oxygen atoms in total. The molecule has 0 bridgehead atoms. The molecule has 0 N–H and O–H groups in total. The molecule has 17 heavy (non-hydrogen) atoms. The number of Topliss-reactive ketones (excluding diaryl/α,β-unsaturated/α-hetero) is 1. The molecule has 1 aliphatic rings. The average Bonchev–Trinajstić information content (AvgIpc) is 2.34. The summed E-state index contributed by atoms with van der Waals surface area (Å²) in [6, 6.07) is 6.29. The third kappa shape index (κ3) is 3.48. The third-order valence-corrected chi connectivity index (χ3v) is 3.07. The van der Waals surface area contributed by atoms with Gasteiger partial charge in [0.15, 0.2) is 0 Å². The van der Waals surface area contributed by atoms with Crippen molar-refractivity contribution in [3.05, 3.63) is 35.6 Å². The summed E-state index contributed by atoms with van der Waals surface area (Å²) < 4.78 is 12.7. The second kappa shape index (κ2) is 5.71. The zero-order valence-corrected chi connectivity index (χ0v) is 9.73. The first-order valence-electron chi connectivity index (χ1n) is 6.03. The number of ketones is 1. The van der Waals surface area contributed by atoms with Crippen LogP contribution in [0.3, 0.4) is 0 Å². The predicted octanol–water partition coefficient (Wildman–Crippen LogP) is 3.16. The molecule has 0 aliphatic heterocycles. The molecule has 0 amide bonds. The van der Waals surface area contributed by atoms with E-state index < -0.39 is 0 Å². The van der Waals surface area contributed by atoms with Crippen LogP contribution in [-0.2, 0) is 11.3 Å². The van der Waals surface area contributed by atoms with Crippen molar-refractivity contribution < 1.29 is 9.18 Å². The van der Waals surface area contributed by atoms with Gasteiger partial charge in [0.05, 0.1) is 12.5 Å². The first kappa shape index (κ1) is 12.0. The minimum absolute atomic E-state index is 0.00389. The van der Waals surface area contributed by atoms with Crippen molar-refractivity contribution in [2.75, 3.05) is 0 Å². The molecule has 0 saturated heterocycles. The molecule has 0 aromatic heterocycles. The Morgan fingerprint density at radius 3 is 2.76 bits per heavy atom. The van der Waals surface area contributed by atoms with Crippen molar-refractivity contribution >= 4 is 12.0 Å². The van der Waals surface area contributed by atoms with E-state index in [1.807, 2.05) is 0 Å². The van der Waals surface area contributed by atoms with Gasteiger partial charge >= 0.3 is 0 Å². The van der Waals surface area contributed by atoms with Gasteiger partial charge in [-0.2, -0.15) is 0 Å². The molecule has 1 aliphatic carbocycles. The van der Waals surface area contributed by atoms with Gasteiger partial charge in [-0.1, -0.05) is 18.6 Å². The Labute approximate surface area is 101 Å². The number of carbonyl (C=O) groups is 1. The summed E-state index contributed by atoms with van der Waals surface area (Å²) in [5.74, 6) is 0.0727. The maximum Gasteiger partial charge on any atom is 0.141 e. The number of carbonyl (C=O) groups excluding carboxylic acids is 1. The fourth-order valence-electron chi connectivity index (χ4n) is 2.04. The lowest BCUT2D eigenvalue weighted by Gasteiger charge is -2.15. The first-order chi connectivity index (χ1) is 8.25. The SMILES string of the molecule is O=C1CCCCC1C=NCc1ccc(F)cc1. The smallest absolute Gasteiger partial charge is 0.141 e. The lowest BCUT2D eigenvalue weighted by molar-refractivity contribution is -0.122.